The highest BCUT2D eigenvalue weighted by Crippen LogP contribution is 2.16. The maximum absolute atomic E-state index is 12.3. The Labute approximate surface area is 120 Å². The van der Waals surface area contributed by atoms with Crippen molar-refractivity contribution in [3.8, 4) is 0 Å². The first-order valence-electron chi connectivity index (χ1n) is 6.07. The molecule has 0 saturated carbocycles. The van der Waals surface area contributed by atoms with Crippen molar-refractivity contribution in [2.45, 2.75) is 25.2 Å². The van der Waals surface area contributed by atoms with Crippen LogP contribution in [0.15, 0.2) is 29.2 Å². The molecule has 0 fully saturated rings. The van der Waals surface area contributed by atoms with Gasteiger partial charge in [0, 0.05) is 20.0 Å². The number of nitrogens with two attached hydrogens (primary N) is 1. The molecule has 0 unspecified atom stereocenters. The summed E-state index contributed by atoms with van der Waals surface area (Å²) < 4.78 is 25.9. The van der Waals surface area contributed by atoms with Crippen LogP contribution in [0.4, 0.5) is 0 Å². The van der Waals surface area contributed by atoms with E-state index in [2.05, 4.69) is 0 Å². The Morgan fingerprint density at radius 3 is 2.26 bits per heavy atom. The fraction of sp³-hybridized carbons (Fsp3) is 0.462. The molecule has 19 heavy (non-hydrogen) atoms. The zero-order valence-corrected chi connectivity index (χ0v) is 13.1. The van der Waals surface area contributed by atoms with Crippen molar-refractivity contribution < 1.29 is 8.42 Å². The molecule has 4 nitrogen and oxygen atoms in total. The van der Waals surface area contributed by atoms with Gasteiger partial charge in [-0.1, -0.05) is 38.2 Å². The van der Waals surface area contributed by atoms with Crippen LogP contribution in [0.25, 0.3) is 0 Å². The highest BCUT2D eigenvalue weighted by atomic mass is 32.2. The molecule has 6 heteroatoms. The minimum Gasteiger partial charge on any atom is -0.393 e. The van der Waals surface area contributed by atoms with Crippen molar-refractivity contribution in [1.82, 2.24) is 4.31 Å². The van der Waals surface area contributed by atoms with Gasteiger partial charge in [-0.05, 0) is 23.6 Å². The third-order valence-corrected chi connectivity index (χ3v) is 4.61. The zero-order chi connectivity index (χ0) is 14.6. The van der Waals surface area contributed by atoms with E-state index in [0.29, 0.717) is 22.8 Å². The molecule has 0 aliphatic heterocycles. The molecule has 1 aromatic rings. The lowest BCUT2D eigenvalue weighted by Gasteiger charge is -2.19. The van der Waals surface area contributed by atoms with Gasteiger partial charge in [-0.3, -0.25) is 0 Å². The lowest BCUT2D eigenvalue weighted by atomic mass is 10.1. The van der Waals surface area contributed by atoms with Gasteiger partial charge in [0.2, 0.25) is 10.0 Å². The normalized spacial score (nSPS) is 12.1. The first-order valence-corrected chi connectivity index (χ1v) is 7.92. The molecule has 0 aromatic heterocycles. The van der Waals surface area contributed by atoms with E-state index in [1.54, 1.807) is 31.3 Å². The minimum absolute atomic E-state index is 0.286. The molecular formula is C13H20N2O2S2. The van der Waals surface area contributed by atoms with Crippen molar-refractivity contribution >= 4 is 27.2 Å². The summed E-state index contributed by atoms with van der Waals surface area (Å²) in [6.07, 6.45) is 0.484. The van der Waals surface area contributed by atoms with Crippen molar-refractivity contribution in [2.75, 3.05) is 13.6 Å². The van der Waals surface area contributed by atoms with E-state index < -0.39 is 10.0 Å². The smallest absolute Gasteiger partial charge is 0.242 e. The lowest BCUT2D eigenvalue weighted by Crippen LogP contribution is -2.30. The molecule has 2 N–H and O–H groups in total. The third kappa shape index (κ3) is 4.56. The monoisotopic (exact) mass is 300 g/mol. The van der Waals surface area contributed by atoms with Gasteiger partial charge < -0.3 is 5.73 Å². The maximum atomic E-state index is 12.3. The van der Waals surface area contributed by atoms with Crippen molar-refractivity contribution in [3.63, 3.8) is 0 Å². The van der Waals surface area contributed by atoms with Crippen LogP contribution in [0.5, 0.6) is 0 Å². The topological polar surface area (TPSA) is 63.4 Å². The summed E-state index contributed by atoms with van der Waals surface area (Å²) in [7, 11) is -1.81. The largest absolute Gasteiger partial charge is 0.393 e. The number of hydrogen-bond acceptors (Lipinski definition) is 3. The van der Waals surface area contributed by atoms with Crippen LogP contribution >= 0.6 is 12.2 Å². The van der Waals surface area contributed by atoms with Crippen LogP contribution in [-0.2, 0) is 16.4 Å². The van der Waals surface area contributed by atoms with Gasteiger partial charge in [-0.15, -0.1) is 0 Å². The molecule has 0 atom stereocenters. The molecule has 1 aromatic carbocycles. The Morgan fingerprint density at radius 1 is 1.32 bits per heavy atom. The second-order valence-electron chi connectivity index (χ2n) is 4.97. The average molecular weight is 300 g/mol. The van der Waals surface area contributed by atoms with Crippen LogP contribution in [0, 0.1) is 5.92 Å². The van der Waals surface area contributed by atoms with Gasteiger partial charge in [0.25, 0.3) is 0 Å². The maximum Gasteiger partial charge on any atom is 0.242 e. The second kappa shape index (κ2) is 6.45. The Hall–Kier alpha value is -0.980. The number of benzene rings is 1. The number of rotatable bonds is 6. The summed E-state index contributed by atoms with van der Waals surface area (Å²) in [6, 6.07) is 6.68. The van der Waals surface area contributed by atoms with E-state index in [-0.39, 0.29) is 5.92 Å². The van der Waals surface area contributed by atoms with Crippen LogP contribution in [0.2, 0.25) is 0 Å². The predicted octanol–water partition coefficient (Wildman–Crippen LogP) is 1.79. The van der Waals surface area contributed by atoms with Crippen molar-refractivity contribution in [2.24, 2.45) is 11.7 Å². The molecule has 0 heterocycles. The highest BCUT2D eigenvalue weighted by Gasteiger charge is 2.21. The number of nitrogens with zero attached hydrogens (tertiary/aromatic N) is 1. The quantitative estimate of drug-likeness (QED) is 0.814. The van der Waals surface area contributed by atoms with Gasteiger partial charge >= 0.3 is 0 Å². The fourth-order valence-electron chi connectivity index (χ4n) is 1.77. The van der Waals surface area contributed by atoms with E-state index in [4.69, 9.17) is 18.0 Å². The summed E-state index contributed by atoms with van der Waals surface area (Å²) in [5, 5.41) is 0. The molecule has 106 valence electrons. The molecule has 0 aliphatic rings. The molecule has 0 radical (unpaired) electrons. The van der Waals surface area contributed by atoms with E-state index in [0.717, 1.165) is 5.56 Å². The third-order valence-electron chi connectivity index (χ3n) is 2.63. The summed E-state index contributed by atoms with van der Waals surface area (Å²) in [5.41, 5.74) is 6.37. The van der Waals surface area contributed by atoms with Gasteiger partial charge in [-0.25, -0.2) is 12.7 Å². The number of hydrogen-bond donors (Lipinski definition) is 1. The number of thiocarbonyl (C=S) groups is 1. The molecule has 1 rings (SSSR count). The summed E-state index contributed by atoms with van der Waals surface area (Å²) >= 11 is 4.82. The standard InChI is InChI=1S/C13H20N2O2S2/c1-10(2)9-15(3)19(16,17)12-6-4-11(5-7-12)8-13(14)18/h4-7,10H,8-9H2,1-3H3,(H2,14,18). The Bertz CT molecular complexity index is 536. The van der Waals surface area contributed by atoms with Crippen molar-refractivity contribution in [1.29, 1.82) is 0 Å². The summed E-state index contributed by atoms with van der Waals surface area (Å²) in [6.45, 7) is 4.46. The highest BCUT2D eigenvalue weighted by molar-refractivity contribution is 7.89. The minimum atomic E-state index is -3.41. The van der Waals surface area contributed by atoms with Crippen LogP contribution in [-0.4, -0.2) is 31.3 Å². The Kier molecular flexibility index (Phi) is 5.46. The SMILES string of the molecule is CC(C)CN(C)S(=O)(=O)c1ccc(CC(N)=S)cc1. The van der Waals surface area contributed by atoms with Crippen LogP contribution in [0.3, 0.4) is 0 Å². The average Bonchev–Trinajstić information content (AvgIpc) is 2.27. The van der Waals surface area contributed by atoms with Gasteiger partial charge in [0.05, 0.1) is 9.88 Å². The first kappa shape index (κ1) is 16.1. The Morgan fingerprint density at radius 2 is 1.84 bits per heavy atom. The van der Waals surface area contributed by atoms with E-state index >= 15 is 0 Å². The number of sulfonamides is 1. The summed E-state index contributed by atoms with van der Waals surface area (Å²) in [4.78, 5) is 0.690. The molecule has 0 spiro atoms. The van der Waals surface area contributed by atoms with E-state index in [1.807, 2.05) is 13.8 Å². The lowest BCUT2D eigenvalue weighted by molar-refractivity contribution is 0.417. The van der Waals surface area contributed by atoms with Crippen molar-refractivity contribution in [3.05, 3.63) is 29.8 Å². The fourth-order valence-corrected chi connectivity index (χ4v) is 3.27. The zero-order valence-electron chi connectivity index (χ0n) is 11.5. The van der Waals surface area contributed by atoms with Crippen LogP contribution < -0.4 is 5.73 Å². The van der Waals surface area contributed by atoms with E-state index in [1.165, 1.54) is 4.31 Å². The first-order chi connectivity index (χ1) is 8.73. The predicted molar refractivity (Wildman–Crippen MR) is 81.6 cm³/mol. The van der Waals surface area contributed by atoms with Gasteiger partial charge in [0.1, 0.15) is 0 Å². The van der Waals surface area contributed by atoms with Gasteiger partial charge in [-0.2, -0.15) is 0 Å². The molecule has 0 bridgehead atoms. The summed E-state index contributed by atoms with van der Waals surface area (Å²) in [5.74, 6) is 0.286. The second-order valence-corrected chi connectivity index (χ2v) is 7.54. The van der Waals surface area contributed by atoms with E-state index in [9.17, 15) is 8.42 Å². The molecule has 0 aliphatic carbocycles. The van der Waals surface area contributed by atoms with Gasteiger partial charge in [0.15, 0.2) is 0 Å². The molecule has 0 amide bonds. The molecule has 0 saturated heterocycles. The van der Waals surface area contributed by atoms with Crippen LogP contribution in [0.1, 0.15) is 19.4 Å². The molecular weight excluding hydrogens is 280 g/mol. The Balaban J connectivity index is 2.93.